The van der Waals surface area contributed by atoms with Crippen molar-refractivity contribution in [3.63, 3.8) is 0 Å². The topological polar surface area (TPSA) is 8.17 Å². The van der Waals surface area contributed by atoms with Crippen LogP contribution in [0.5, 0.6) is 0 Å². The van der Waals surface area contributed by atoms with Crippen molar-refractivity contribution < 1.29 is 0 Å². The lowest BCUT2D eigenvalue weighted by Gasteiger charge is -2.30. The largest absolute Gasteiger partial charge is 0.317 e. The molecule has 0 radical (unpaired) electrons. The molecule has 1 heterocycles. The lowest BCUT2D eigenvalue weighted by atomic mass is 9.82. The number of fused-ring (bicyclic) bond motifs is 7. The van der Waals surface area contributed by atoms with Crippen LogP contribution in [0, 0.1) is 0 Å². The lowest BCUT2D eigenvalue weighted by molar-refractivity contribution is 0.660. The Hall–Kier alpha value is -5.34. The van der Waals surface area contributed by atoms with Gasteiger partial charge < -0.3 is 9.47 Å². The molecule has 222 valence electrons. The van der Waals surface area contributed by atoms with Crippen molar-refractivity contribution in [3.05, 3.63) is 168 Å². The Kier molecular flexibility index (Phi) is 5.63. The van der Waals surface area contributed by atoms with Crippen LogP contribution in [0.25, 0.3) is 38.8 Å². The van der Waals surface area contributed by atoms with Crippen LogP contribution in [-0.2, 0) is 10.8 Å². The van der Waals surface area contributed by atoms with Crippen molar-refractivity contribution in [1.82, 2.24) is 4.57 Å². The molecule has 0 atom stereocenters. The van der Waals surface area contributed by atoms with Gasteiger partial charge in [-0.05, 0) is 111 Å². The first kappa shape index (κ1) is 27.0. The predicted molar refractivity (Wildman–Crippen MR) is 193 cm³/mol. The van der Waals surface area contributed by atoms with Crippen LogP contribution < -0.4 is 4.90 Å². The molecule has 7 aromatic rings. The molecule has 0 spiro atoms. The van der Waals surface area contributed by atoms with Gasteiger partial charge in [0.1, 0.15) is 0 Å². The van der Waals surface area contributed by atoms with Crippen LogP contribution in [0.1, 0.15) is 49.9 Å². The van der Waals surface area contributed by atoms with Crippen LogP contribution in [-0.4, -0.2) is 4.57 Å². The van der Waals surface area contributed by atoms with E-state index in [0.29, 0.717) is 0 Å². The summed E-state index contributed by atoms with van der Waals surface area (Å²) in [5, 5.41) is 1.25. The molecule has 0 saturated carbocycles. The van der Waals surface area contributed by atoms with Crippen molar-refractivity contribution in [2.24, 2.45) is 0 Å². The summed E-state index contributed by atoms with van der Waals surface area (Å²) in [4.78, 5) is 2.44. The second kappa shape index (κ2) is 9.58. The molecule has 46 heavy (non-hydrogen) atoms. The van der Waals surface area contributed by atoms with Crippen LogP contribution in [0.4, 0.5) is 17.1 Å². The van der Waals surface area contributed by atoms with Gasteiger partial charge in [-0.2, -0.15) is 0 Å². The third-order valence-corrected chi connectivity index (χ3v) is 10.6. The van der Waals surface area contributed by atoms with Crippen molar-refractivity contribution in [3.8, 4) is 27.9 Å². The molecule has 2 aliphatic rings. The molecule has 2 aliphatic carbocycles. The van der Waals surface area contributed by atoms with Gasteiger partial charge in [0, 0.05) is 39.8 Å². The second-order valence-electron chi connectivity index (χ2n) is 13.9. The molecule has 9 rings (SSSR count). The van der Waals surface area contributed by atoms with E-state index < -0.39 is 0 Å². The third kappa shape index (κ3) is 3.77. The number of para-hydroxylation sites is 1. The summed E-state index contributed by atoms with van der Waals surface area (Å²) < 4.78 is 2.27. The molecule has 0 N–H and O–H groups in total. The monoisotopic (exact) mass is 592 g/mol. The van der Waals surface area contributed by atoms with Gasteiger partial charge in [0.05, 0.1) is 5.52 Å². The van der Waals surface area contributed by atoms with Crippen LogP contribution >= 0.6 is 0 Å². The van der Waals surface area contributed by atoms with Crippen molar-refractivity contribution >= 4 is 28.0 Å². The standard InChI is InChI=1S/C44H36N2/c1-43(2)38-14-8-6-12-34(38)36-23-21-32(27-40(36)43)46(31-19-17-30(18-20-31)45-26-25-29-11-5-10-16-42(29)45)33-22-24-37-35-13-7-9-15-39(35)44(3,4)41(37)28-33/h5-28H,1-4H3. The second-order valence-corrected chi connectivity index (χ2v) is 13.9. The molecule has 0 unspecified atom stereocenters. The minimum absolute atomic E-state index is 0.0749. The van der Waals surface area contributed by atoms with Gasteiger partial charge >= 0.3 is 0 Å². The molecular weight excluding hydrogens is 556 g/mol. The lowest BCUT2D eigenvalue weighted by Crippen LogP contribution is -2.18. The summed E-state index contributed by atoms with van der Waals surface area (Å²) in [6.07, 6.45) is 2.16. The van der Waals surface area contributed by atoms with E-state index >= 15 is 0 Å². The zero-order valence-corrected chi connectivity index (χ0v) is 26.8. The SMILES string of the molecule is CC1(C)c2ccccc2-c2ccc(N(c3ccc(-n4ccc5ccccc54)cc3)c3ccc4c(c3)C(C)(C)c3ccccc3-4)cc21. The smallest absolute Gasteiger partial charge is 0.0528 e. The fourth-order valence-corrected chi connectivity index (χ4v) is 8.18. The van der Waals surface area contributed by atoms with E-state index in [0.717, 1.165) is 11.4 Å². The van der Waals surface area contributed by atoms with Crippen molar-refractivity contribution in [1.29, 1.82) is 0 Å². The Morgan fingerprint density at radius 3 is 1.50 bits per heavy atom. The van der Waals surface area contributed by atoms with E-state index in [4.69, 9.17) is 0 Å². The molecule has 0 aliphatic heterocycles. The average Bonchev–Trinajstić information content (AvgIpc) is 3.69. The van der Waals surface area contributed by atoms with Gasteiger partial charge in [-0.3, -0.25) is 0 Å². The Balaban J connectivity index is 1.21. The minimum Gasteiger partial charge on any atom is -0.317 e. The highest BCUT2D eigenvalue weighted by Gasteiger charge is 2.37. The zero-order chi connectivity index (χ0) is 31.2. The van der Waals surface area contributed by atoms with E-state index in [-0.39, 0.29) is 10.8 Å². The molecule has 2 nitrogen and oxygen atoms in total. The Morgan fingerprint density at radius 2 is 0.913 bits per heavy atom. The van der Waals surface area contributed by atoms with E-state index in [9.17, 15) is 0 Å². The number of benzene rings is 6. The van der Waals surface area contributed by atoms with Crippen LogP contribution in [0.2, 0.25) is 0 Å². The van der Waals surface area contributed by atoms with Crippen LogP contribution in [0.3, 0.4) is 0 Å². The summed E-state index contributed by atoms with van der Waals surface area (Å²) in [5.74, 6) is 0. The Morgan fingerprint density at radius 1 is 0.435 bits per heavy atom. The van der Waals surface area contributed by atoms with Crippen LogP contribution in [0.15, 0.2) is 146 Å². The fraction of sp³-hybridized carbons (Fsp3) is 0.136. The maximum atomic E-state index is 2.44. The maximum Gasteiger partial charge on any atom is 0.0528 e. The third-order valence-electron chi connectivity index (χ3n) is 10.6. The summed E-state index contributed by atoms with van der Waals surface area (Å²) in [6.45, 7) is 9.43. The molecule has 2 heteroatoms. The molecule has 1 aromatic heterocycles. The normalized spacial score (nSPS) is 14.9. The van der Waals surface area contributed by atoms with E-state index in [1.807, 2.05) is 0 Å². The molecular formula is C44H36N2. The summed E-state index contributed by atoms with van der Waals surface area (Å²) in [5.41, 5.74) is 16.6. The van der Waals surface area contributed by atoms with Gasteiger partial charge in [-0.1, -0.05) is 107 Å². The first-order chi connectivity index (χ1) is 22.3. The quantitative estimate of drug-likeness (QED) is 0.197. The van der Waals surface area contributed by atoms with Crippen molar-refractivity contribution in [2.45, 2.75) is 38.5 Å². The fourth-order valence-electron chi connectivity index (χ4n) is 8.18. The maximum absolute atomic E-state index is 2.44. The average molecular weight is 593 g/mol. The molecule has 0 fully saturated rings. The number of anilines is 3. The molecule has 0 saturated heterocycles. The zero-order valence-electron chi connectivity index (χ0n) is 26.8. The Bertz CT molecular complexity index is 2210. The highest BCUT2D eigenvalue weighted by Crippen LogP contribution is 2.53. The van der Waals surface area contributed by atoms with E-state index in [2.05, 4.69) is 183 Å². The first-order valence-electron chi connectivity index (χ1n) is 16.3. The number of hydrogen-bond acceptors (Lipinski definition) is 1. The number of nitrogens with zero attached hydrogens (tertiary/aromatic N) is 2. The highest BCUT2D eigenvalue weighted by atomic mass is 15.1. The van der Waals surface area contributed by atoms with Gasteiger partial charge in [0.15, 0.2) is 0 Å². The van der Waals surface area contributed by atoms with Gasteiger partial charge in [-0.15, -0.1) is 0 Å². The van der Waals surface area contributed by atoms with Gasteiger partial charge in [-0.25, -0.2) is 0 Å². The predicted octanol–water partition coefficient (Wildman–Crippen LogP) is 11.7. The summed E-state index contributed by atoms with van der Waals surface area (Å²) in [6, 6.07) is 51.7. The van der Waals surface area contributed by atoms with Gasteiger partial charge in [0.2, 0.25) is 0 Å². The highest BCUT2D eigenvalue weighted by molar-refractivity contribution is 5.88. The van der Waals surface area contributed by atoms with E-state index in [1.165, 1.54) is 66.8 Å². The number of rotatable bonds is 4. The van der Waals surface area contributed by atoms with E-state index in [1.54, 1.807) is 0 Å². The Labute approximate surface area is 271 Å². The molecule has 6 aromatic carbocycles. The first-order valence-corrected chi connectivity index (χ1v) is 16.3. The molecule has 0 amide bonds. The van der Waals surface area contributed by atoms with Gasteiger partial charge in [0.25, 0.3) is 0 Å². The number of hydrogen-bond donors (Lipinski definition) is 0. The van der Waals surface area contributed by atoms with Crippen molar-refractivity contribution in [2.75, 3.05) is 4.90 Å². The number of aromatic nitrogens is 1. The minimum atomic E-state index is -0.0749. The summed E-state index contributed by atoms with van der Waals surface area (Å²) in [7, 11) is 0. The summed E-state index contributed by atoms with van der Waals surface area (Å²) >= 11 is 0. The molecule has 0 bridgehead atoms.